The number of hydrogen-bond donors (Lipinski definition) is 3. The summed E-state index contributed by atoms with van der Waals surface area (Å²) in [6.45, 7) is 3.29. The van der Waals surface area contributed by atoms with E-state index < -0.39 is 63.8 Å². The zero-order valence-corrected chi connectivity index (χ0v) is 19.9. The molecule has 0 radical (unpaired) electrons. The topological polar surface area (TPSA) is 144 Å². The van der Waals surface area contributed by atoms with E-state index >= 15 is 0 Å². The number of carbonyl (C=O) groups excluding carboxylic acids is 2. The summed E-state index contributed by atoms with van der Waals surface area (Å²) in [5.74, 6) is -2.13. The van der Waals surface area contributed by atoms with Gasteiger partial charge in [0.15, 0.2) is 0 Å². The normalized spacial score (nSPS) is 50.0. The van der Waals surface area contributed by atoms with Crippen LogP contribution in [0.15, 0.2) is 27.6 Å². The average molecular weight is 489 g/mol. The number of rotatable bonds is 2. The zero-order chi connectivity index (χ0) is 25.0. The van der Waals surface area contributed by atoms with Gasteiger partial charge in [0, 0.05) is 37.2 Å². The highest BCUT2D eigenvalue weighted by atomic mass is 16.6. The molecule has 9 heteroatoms. The zero-order valence-electron chi connectivity index (χ0n) is 19.9. The third kappa shape index (κ3) is 2.72. The summed E-state index contributed by atoms with van der Waals surface area (Å²) >= 11 is 0. The molecule has 6 rings (SSSR count). The lowest BCUT2D eigenvalue weighted by Crippen LogP contribution is -2.73. The molecule has 190 valence electrons. The Morgan fingerprint density at radius 3 is 2.60 bits per heavy atom. The van der Waals surface area contributed by atoms with E-state index in [0.717, 1.165) is 5.56 Å². The maximum Gasteiger partial charge on any atom is 0.335 e. The van der Waals surface area contributed by atoms with Gasteiger partial charge in [0.25, 0.3) is 0 Å². The lowest BCUT2D eigenvalue weighted by molar-refractivity contribution is -0.270. The first-order chi connectivity index (χ1) is 16.5. The fraction of sp³-hybridized carbons (Fsp3) is 0.731. The number of hydrogen-bond acceptors (Lipinski definition) is 9. The molecule has 0 amide bonds. The molecule has 1 aromatic heterocycles. The van der Waals surface area contributed by atoms with Crippen molar-refractivity contribution in [1.29, 1.82) is 0 Å². The van der Waals surface area contributed by atoms with Crippen LogP contribution in [0, 0.1) is 22.7 Å². The standard InChI is InChI=1S/C26H32O9/c1-13(27)34-15-9-19(28)26-21-17(5-7-24(26,31)10-15)25(32)8-6-16(14-3-4-20(29)33-12-14)23(25,2)11-18(21)35-22(26)30/h3-4,12,15-19,21,28,31-32H,5-11H2,1-2H3. The first-order valence-electron chi connectivity index (χ1n) is 12.6. The van der Waals surface area contributed by atoms with E-state index in [1.165, 1.54) is 19.3 Å². The number of aliphatic hydroxyl groups excluding tert-OH is 1. The molecule has 35 heavy (non-hydrogen) atoms. The third-order valence-corrected chi connectivity index (χ3v) is 10.4. The van der Waals surface area contributed by atoms with E-state index in [1.54, 1.807) is 6.07 Å². The molecule has 5 aliphatic rings. The van der Waals surface area contributed by atoms with Crippen molar-refractivity contribution in [1.82, 2.24) is 0 Å². The summed E-state index contributed by atoms with van der Waals surface area (Å²) in [7, 11) is 0. The Morgan fingerprint density at radius 2 is 1.91 bits per heavy atom. The molecule has 1 aliphatic heterocycles. The molecule has 4 saturated carbocycles. The highest BCUT2D eigenvalue weighted by molar-refractivity contribution is 5.83. The maximum atomic E-state index is 13.6. The van der Waals surface area contributed by atoms with Crippen molar-refractivity contribution >= 4 is 11.9 Å². The molecule has 0 aromatic carbocycles. The Morgan fingerprint density at radius 1 is 1.14 bits per heavy atom. The van der Waals surface area contributed by atoms with E-state index in [9.17, 15) is 29.7 Å². The number of fused-ring (bicyclic) bond motifs is 2. The average Bonchev–Trinajstić information content (AvgIpc) is 3.21. The number of aliphatic hydroxyl groups is 3. The summed E-state index contributed by atoms with van der Waals surface area (Å²) in [5, 5.41) is 35.6. The molecule has 2 heterocycles. The van der Waals surface area contributed by atoms with E-state index in [4.69, 9.17) is 13.9 Å². The van der Waals surface area contributed by atoms with Crippen LogP contribution in [-0.4, -0.2) is 56.8 Å². The van der Waals surface area contributed by atoms with Crippen LogP contribution in [-0.2, 0) is 19.1 Å². The summed E-state index contributed by atoms with van der Waals surface area (Å²) in [5.41, 5.74) is -4.57. The molecule has 5 fully saturated rings. The molecule has 0 bridgehead atoms. The van der Waals surface area contributed by atoms with Gasteiger partial charge in [0.1, 0.15) is 17.6 Å². The van der Waals surface area contributed by atoms with Gasteiger partial charge in [-0.25, -0.2) is 4.79 Å². The first-order valence-corrected chi connectivity index (χ1v) is 12.6. The van der Waals surface area contributed by atoms with Crippen molar-refractivity contribution in [2.24, 2.45) is 22.7 Å². The van der Waals surface area contributed by atoms with Crippen molar-refractivity contribution < 1.29 is 38.8 Å². The Bertz CT molecular complexity index is 1130. The van der Waals surface area contributed by atoms with Gasteiger partial charge in [0.2, 0.25) is 0 Å². The largest absolute Gasteiger partial charge is 0.462 e. The van der Waals surface area contributed by atoms with Crippen LogP contribution in [0.25, 0.3) is 0 Å². The fourth-order valence-electron chi connectivity index (χ4n) is 9.18. The molecular formula is C26H32O9. The number of esters is 2. The van der Waals surface area contributed by atoms with Crippen LogP contribution in [0.4, 0.5) is 0 Å². The van der Waals surface area contributed by atoms with Gasteiger partial charge in [-0.1, -0.05) is 6.92 Å². The lowest BCUT2D eigenvalue weighted by atomic mass is 9.41. The van der Waals surface area contributed by atoms with Gasteiger partial charge in [0.05, 0.1) is 23.6 Å². The molecule has 4 aliphatic carbocycles. The van der Waals surface area contributed by atoms with E-state index in [2.05, 4.69) is 0 Å². The van der Waals surface area contributed by atoms with Crippen LogP contribution in [0.5, 0.6) is 0 Å². The van der Waals surface area contributed by atoms with Gasteiger partial charge >= 0.3 is 17.6 Å². The molecule has 1 saturated heterocycles. The molecule has 1 aromatic rings. The monoisotopic (exact) mass is 488 g/mol. The Kier molecular flexibility index (Phi) is 4.75. The van der Waals surface area contributed by atoms with Gasteiger partial charge in [-0.15, -0.1) is 0 Å². The molecule has 10 unspecified atom stereocenters. The summed E-state index contributed by atoms with van der Waals surface area (Å²) in [6.07, 6.45) is 1.22. The molecule has 10 atom stereocenters. The van der Waals surface area contributed by atoms with Gasteiger partial charge in [-0.2, -0.15) is 0 Å². The summed E-state index contributed by atoms with van der Waals surface area (Å²) < 4.78 is 16.4. The van der Waals surface area contributed by atoms with Gasteiger partial charge < -0.3 is 29.2 Å². The molecule has 3 N–H and O–H groups in total. The first kappa shape index (κ1) is 23.2. The highest BCUT2D eigenvalue weighted by Gasteiger charge is 2.81. The predicted molar refractivity (Wildman–Crippen MR) is 119 cm³/mol. The van der Waals surface area contributed by atoms with E-state index in [-0.39, 0.29) is 31.1 Å². The highest BCUT2D eigenvalue weighted by Crippen LogP contribution is 2.73. The van der Waals surface area contributed by atoms with Gasteiger partial charge in [-0.05, 0) is 55.6 Å². The van der Waals surface area contributed by atoms with Gasteiger partial charge in [-0.3, -0.25) is 9.59 Å². The third-order valence-electron chi connectivity index (χ3n) is 10.4. The summed E-state index contributed by atoms with van der Waals surface area (Å²) in [4.78, 5) is 36.7. The Hall–Kier alpha value is -2.23. The fourth-order valence-corrected chi connectivity index (χ4v) is 9.18. The van der Waals surface area contributed by atoms with Crippen molar-refractivity contribution in [3.05, 3.63) is 34.4 Å². The minimum atomic E-state index is -1.59. The second kappa shape index (κ2) is 7.17. The van der Waals surface area contributed by atoms with Crippen LogP contribution in [0.2, 0.25) is 0 Å². The van der Waals surface area contributed by atoms with Crippen LogP contribution in [0.3, 0.4) is 0 Å². The Balaban J connectivity index is 1.42. The van der Waals surface area contributed by atoms with Crippen LogP contribution < -0.4 is 5.63 Å². The Labute approximate surface area is 202 Å². The van der Waals surface area contributed by atoms with Crippen LogP contribution in [0.1, 0.15) is 70.3 Å². The van der Waals surface area contributed by atoms with E-state index in [1.807, 2.05) is 6.92 Å². The van der Waals surface area contributed by atoms with E-state index in [0.29, 0.717) is 25.7 Å². The molecule has 9 nitrogen and oxygen atoms in total. The molecular weight excluding hydrogens is 456 g/mol. The predicted octanol–water partition coefficient (Wildman–Crippen LogP) is 1.41. The minimum absolute atomic E-state index is 0.0360. The lowest BCUT2D eigenvalue weighted by Gasteiger charge is -2.64. The minimum Gasteiger partial charge on any atom is -0.462 e. The second-order valence-corrected chi connectivity index (χ2v) is 11.7. The summed E-state index contributed by atoms with van der Waals surface area (Å²) in [6, 6.07) is 3.12. The van der Waals surface area contributed by atoms with Crippen molar-refractivity contribution in [3.8, 4) is 0 Å². The smallest absolute Gasteiger partial charge is 0.335 e. The van der Waals surface area contributed by atoms with Crippen molar-refractivity contribution in [3.63, 3.8) is 0 Å². The number of ether oxygens (including phenoxy) is 2. The van der Waals surface area contributed by atoms with Crippen molar-refractivity contribution in [2.75, 3.05) is 0 Å². The molecule has 1 spiro atoms. The quantitative estimate of drug-likeness (QED) is 0.527. The number of carbonyl (C=O) groups is 2. The maximum absolute atomic E-state index is 13.6. The SMILES string of the molecule is CC(=O)OC1CC(O)C23C(=O)OC4CC5(C)C(c6ccc(=O)oc6)CCC5(O)C(CCC2(O)C1)C43. The van der Waals surface area contributed by atoms with Crippen LogP contribution >= 0.6 is 0 Å². The van der Waals surface area contributed by atoms with Crippen molar-refractivity contribution in [2.45, 2.75) is 94.2 Å². The second-order valence-electron chi connectivity index (χ2n) is 11.7.